The molecular weight excluding hydrogens is 372 g/mol. The van der Waals surface area contributed by atoms with E-state index in [2.05, 4.69) is 4.98 Å². The Morgan fingerprint density at radius 2 is 2.18 bits per heavy atom. The number of halogens is 2. The molecule has 28 heavy (non-hydrogen) atoms. The number of aromatic nitrogens is 1. The van der Waals surface area contributed by atoms with Crippen LogP contribution >= 0.6 is 0 Å². The van der Waals surface area contributed by atoms with Crippen LogP contribution in [-0.2, 0) is 4.74 Å². The minimum atomic E-state index is -1.12. The highest BCUT2D eigenvalue weighted by atomic mass is 19.1. The van der Waals surface area contributed by atoms with Crippen LogP contribution in [0.4, 0.5) is 20.3 Å². The molecule has 0 N–H and O–H groups in total. The highest BCUT2D eigenvalue weighted by Gasteiger charge is 2.36. The monoisotopic (exact) mass is 391 g/mol. The molecule has 0 spiro atoms. The zero-order chi connectivity index (χ0) is 19.7. The normalized spacial score (nSPS) is 24.5. The number of nitrogens with zero attached hydrogens (tertiary/aromatic N) is 3. The van der Waals surface area contributed by atoms with E-state index in [0.29, 0.717) is 30.2 Å². The number of hydrogen-bond acceptors (Lipinski definition) is 6. The first-order chi connectivity index (χ1) is 13.5. The van der Waals surface area contributed by atoms with Crippen LogP contribution in [0, 0.1) is 15.9 Å². The van der Waals surface area contributed by atoms with E-state index in [1.54, 1.807) is 11.0 Å². The maximum Gasteiger partial charge on any atom is 0.363 e. The Morgan fingerprint density at radius 3 is 2.86 bits per heavy atom. The molecule has 4 rings (SSSR count). The largest absolute Gasteiger partial charge is 0.488 e. The average molecular weight is 391 g/mol. The summed E-state index contributed by atoms with van der Waals surface area (Å²) in [6.45, 7) is 1.16. The number of pyridine rings is 1. The second-order valence-corrected chi connectivity index (χ2v) is 6.92. The zero-order valence-corrected chi connectivity index (χ0v) is 15.0. The first-order valence-electron chi connectivity index (χ1n) is 9.06. The smallest absolute Gasteiger partial charge is 0.363 e. The molecule has 3 heterocycles. The molecule has 7 nitrogen and oxygen atoms in total. The highest BCUT2D eigenvalue weighted by Crippen LogP contribution is 2.41. The Kier molecular flexibility index (Phi) is 5.08. The molecular formula is C19H19F2N3O4. The van der Waals surface area contributed by atoms with Gasteiger partial charge in [-0.05, 0) is 34.2 Å². The molecule has 0 unspecified atom stereocenters. The van der Waals surface area contributed by atoms with Crippen molar-refractivity contribution >= 4 is 11.5 Å². The first-order valence-corrected chi connectivity index (χ1v) is 9.06. The second-order valence-electron chi connectivity index (χ2n) is 6.92. The van der Waals surface area contributed by atoms with Crippen molar-refractivity contribution in [1.82, 2.24) is 4.98 Å². The molecule has 0 bridgehead atoms. The van der Waals surface area contributed by atoms with E-state index in [-0.39, 0.29) is 24.9 Å². The van der Waals surface area contributed by atoms with E-state index in [0.717, 1.165) is 6.42 Å². The summed E-state index contributed by atoms with van der Waals surface area (Å²) in [6.07, 6.45) is 1.00. The summed E-state index contributed by atoms with van der Waals surface area (Å²) in [4.78, 5) is 15.8. The van der Waals surface area contributed by atoms with Crippen molar-refractivity contribution < 1.29 is 23.2 Å². The molecule has 3 atom stereocenters. The molecule has 1 aromatic carbocycles. The Labute approximate surface area is 160 Å². The molecule has 0 saturated carbocycles. The van der Waals surface area contributed by atoms with Gasteiger partial charge in [0.2, 0.25) is 0 Å². The van der Waals surface area contributed by atoms with Crippen LogP contribution in [0.25, 0.3) is 0 Å². The van der Waals surface area contributed by atoms with Crippen LogP contribution in [0.5, 0.6) is 5.75 Å². The molecule has 2 fully saturated rings. The van der Waals surface area contributed by atoms with Gasteiger partial charge in [0.1, 0.15) is 23.8 Å². The van der Waals surface area contributed by atoms with Crippen LogP contribution in [0.3, 0.4) is 0 Å². The lowest BCUT2D eigenvalue weighted by molar-refractivity contribution is -0.389. The molecule has 0 amide bonds. The van der Waals surface area contributed by atoms with Gasteiger partial charge in [0, 0.05) is 24.5 Å². The van der Waals surface area contributed by atoms with Gasteiger partial charge in [-0.2, -0.15) is 0 Å². The van der Waals surface area contributed by atoms with Gasteiger partial charge in [-0.15, -0.1) is 0 Å². The third-order valence-corrected chi connectivity index (χ3v) is 5.01. The van der Waals surface area contributed by atoms with Crippen molar-refractivity contribution in [3.8, 4) is 5.75 Å². The SMILES string of the molecule is O=[N+]([O-])c1ccc(N2C[C@@H](F)C[C@@H]2c2cc(F)ccc2O[C@H]2CCOC2)cn1. The summed E-state index contributed by atoms with van der Waals surface area (Å²) in [7, 11) is 0. The number of anilines is 1. The fourth-order valence-corrected chi connectivity index (χ4v) is 3.69. The van der Waals surface area contributed by atoms with Crippen molar-refractivity contribution in [2.45, 2.75) is 31.2 Å². The predicted octanol–water partition coefficient (Wildman–Crippen LogP) is 3.59. The van der Waals surface area contributed by atoms with Crippen LogP contribution in [0.15, 0.2) is 36.5 Å². The number of alkyl halides is 1. The van der Waals surface area contributed by atoms with Crippen LogP contribution in [0.2, 0.25) is 0 Å². The Hall–Kier alpha value is -2.81. The highest BCUT2D eigenvalue weighted by molar-refractivity contribution is 5.53. The zero-order valence-electron chi connectivity index (χ0n) is 15.0. The third-order valence-electron chi connectivity index (χ3n) is 5.01. The maximum absolute atomic E-state index is 14.3. The summed E-state index contributed by atoms with van der Waals surface area (Å²) in [5.74, 6) is -0.225. The number of ether oxygens (including phenoxy) is 2. The number of rotatable bonds is 5. The van der Waals surface area contributed by atoms with Crippen molar-refractivity contribution in [3.63, 3.8) is 0 Å². The Balaban J connectivity index is 1.66. The van der Waals surface area contributed by atoms with Crippen molar-refractivity contribution in [1.29, 1.82) is 0 Å². The lowest BCUT2D eigenvalue weighted by Gasteiger charge is -2.28. The first kappa shape index (κ1) is 18.5. The number of nitro groups is 1. The fourth-order valence-electron chi connectivity index (χ4n) is 3.69. The summed E-state index contributed by atoms with van der Waals surface area (Å²) in [5.41, 5.74) is 1.08. The molecule has 1 aromatic heterocycles. The van der Waals surface area contributed by atoms with E-state index in [1.807, 2.05) is 0 Å². The van der Waals surface area contributed by atoms with Gasteiger partial charge in [-0.25, -0.2) is 8.78 Å². The van der Waals surface area contributed by atoms with Gasteiger partial charge in [0.25, 0.3) is 0 Å². The molecule has 148 valence electrons. The van der Waals surface area contributed by atoms with Crippen LogP contribution < -0.4 is 9.64 Å². The summed E-state index contributed by atoms with van der Waals surface area (Å²) >= 11 is 0. The summed E-state index contributed by atoms with van der Waals surface area (Å²) in [5, 5.41) is 10.8. The molecule has 0 radical (unpaired) electrons. The third kappa shape index (κ3) is 3.75. The van der Waals surface area contributed by atoms with Gasteiger partial charge in [0.05, 0.1) is 31.5 Å². The van der Waals surface area contributed by atoms with E-state index < -0.39 is 23.0 Å². The van der Waals surface area contributed by atoms with Gasteiger partial charge in [-0.1, -0.05) is 0 Å². The number of benzene rings is 1. The van der Waals surface area contributed by atoms with Crippen molar-refractivity contribution in [2.24, 2.45) is 0 Å². The molecule has 2 saturated heterocycles. The second kappa shape index (κ2) is 7.67. The lowest BCUT2D eigenvalue weighted by atomic mass is 10.0. The average Bonchev–Trinajstić information content (AvgIpc) is 3.33. The van der Waals surface area contributed by atoms with Crippen LogP contribution in [-0.4, -0.2) is 41.9 Å². The van der Waals surface area contributed by atoms with Crippen LogP contribution in [0.1, 0.15) is 24.4 Å². The standard InChI is InChI=1S/C19H19F2N3O4/c20-12-1-3-18(28-15-5-6-27-11-15)16(7-12)17-8-13(21)10-23(17)14-2-4-19(22-9-14)24(25)26/h1-4,7,9,13,15,17H,5-6,8,10-11H2/t13-,15-,17+/m0/s1. The minimum Gasteiger partial charge on any atom is -0.488 e. The van der Waals surface area contributed by atoms with Crippen molar-refractivity contribution in [3.05, 3.63) is 58.0 Å². The molecule has 2 aliphatic rings. The van der Waals surface area contributed by atoms with Gasteiger partial charge >= 0.3 is 5.82 Å². The number of hydrogen-bond donors (Lipinski definition) is 0. The summed E-state index contributed by atoms with van der Waals surface area (Å²) in [6, 6.07) is 6.57. The topological polar surface area (TPSA) is 77.7 Å². The quantitative estimate of drug-likeness (QED) is 0.573. The van der Waals surface area contributed by atoms with E-state index in [4.69, 9.17) is 9.47 Å². The van der Waals surface area contributed by atoms with E-state index in [9.17, 15) is 18.9 Å². The predicted molar refractivity (Wildman–Crippen MR) is 96.7 cm³/mol. The Bertz CT molecular complexity index is 859. The molecule has 9 heteroatoms. The Morgan fingerprint density at radius 1 is 1.32 bits per heavy atom. The minimum absolute atomic E-state index is 0.0899. The van der Waals surface area contributed by atoms with Gasteiger partial charge < -0.3 is 24.5 Å². The van der Waals surface area contributed by atoms with Crippen molar-refractivity contribution in [2.75, 3.05) is 24.7 Å². The molecule has 0 aliphatic carbocycles. The lowest BCUT2D eigenvalue weighted by Crippen LogP contribution is -2.25. The van der Waals surface area contributed by atoms with Gasteiger partial charge in [-0.3, -0.25) is 0 Å². The molecule has 2 aliphatic heterocycles. The maximum atomic E-state index is 14.3. The fraction of sp³-hybridized carbons (Fsp3) is 0.421. The van der Waals surface area contributed by atoms with E-state index in [1.165, 1.54) is 30.5 Å². The van der Waals surface area contributed by atoms with Gasteiger partial charge in [0.15, 0.2) is 6.20 Å². The van der Waals surface area contributed by atoms with E-state index >= 15 is 0 Å². The molecule has 2 aromatic rings. The summed E-state index contributed by atoms with van der Waals surface area (Å²) < 4.78 is 39.6.